The maximum Gasteiger partial charge on any atom is 0.267 e. The molecule has 6 heteroatoms. The first kappa shape index (κ1) is 21.2. The molecule has 0 saturated carbocycles. The third kappa shape index (κ3) is 6.55. The van der Waals surface area contributed by atoms with Crippen molar-refractivity contribution in [2.45, 2.75) is 6.92 Å². The van der Waals surface area contributed by atoms with Gasteiger partial charge < -0.3 is 20.3 Å². The molecule has 2 amide bonds. The van der Waals surface area contributed by atoms with Crippen molar-refractivity contribution in [3.05, 3.63) is 70.9 Å². The molecule has 2 aromatic carbocycles. The lowest BCUT2D eigenvalue weighted by atomic mass is 10.1. The van der Waals surface area contributed by atoms with E-state index in [0.717, 1.165) is 16.9 Å². The van der Waals surface area contributed by atoms with Crippen LogP contribution in [-0.2, 0) is 4.79 Å². The Morgan fingerprint density at radius 2 is 1.68 bits per heavy atom. The van der Waals surface area contributed by atoms with Gasteiger partial charge in [-0.1, -0.05) is 29.8 Å². The first-order valence-corrected chi connectivity index (χ1v) is 9.05. The van der Waals surface area contributed by atoms with E-state index in [1.807, 2.05) is 50.2 Å². The smallest absolute Gasteiger partial charge is 0.267 e. The van der Waals surface area contributed by atoms with E-state index >= 15 is 0 Å². The summed E-state index contributed by atoms with van der Waals surface area (Å²) in [5.41, 5.74) is 2.52. The van der Waals surface area contributed by atoms with Gasteiger partial charge in [0.2, 0.25) is 0 Å². The molecule has 0 radical (unpaired) electrons. The first-order valence-electron chi connectivity index (χ1n) is 9.05. The van der Waals surface area contributed by atoms with Gasteiger partial charge in [0.05, 0.1) is 7.11 Å². The van der Waals surface area contributed by atoms with Crippen molar-refractivity contribution in [2.24, 2.45) is 0 Å². The molecule has 0 heterocycles. The van der Waals surface area contributed by atoms with E-state index in [9.17, 15) is 9.59 Å². The second-order valence-corrected chi connectivity index (χ2v) is 6.71. The number of nitrogens with one attached hydrogen (secondary N) is 2. The Morgan fingerprint density at radius 1 is 1.04 bits per heavy atom. The lowest BCUT2D eigenvalue weighted by Gasteiger charge is -2.13. The molecule has 0 aliphatic carbocycles. The molecule has 0 aromatic heterocycles. The summed E-state index contributed by atoms with van der Waals surface area (Å²) in [6, 6.07) is 14.4. The topological polar surface area (TPSA) is 70.7 Å². The van der Waals surface area contributed by atoms with E-state index in [4.69, 9.17) is 4.74 Å². The normalized spacial score (nSPS) is 11.2. The third-order valence-electron chi connectivity index (χ3n) is 4.08. The van der Waals surface area contributed by atoms with Crippen LogP contribution in [0, 0.1) is 6.92 Å². The minimum Gasteiger partial charge on any atom is -0.497 e. The van der Waals surface area contributed by atoms with Crippen molar-refractivity contribution in [2.75, 3.05) is 34.3 Å². The lowest BCUT2D eigenvalue weighted by Crippen LogP contribution is -2.37. The second kappa shape index (κ2) is 10.3. The summed E-state index contributed by atoms with van der Waals surface area (Å²) in [4.78, 5) is 27.2. The molecule has 0 saturated heterocycles. The number of benzene rings is 2. The van der Waals surface area contributed by atoms with Crippen LogP contribution in [0.3, 0.4) is 0 Å². The largest absolute Gasteiger partial charge is 0.497 e. The summed E-state index contributed by atoms with van der Waals surface area (Å²) in [5.74, 6) is 0.0541. The predicted octanol–water partition coefficient (Wildman–Crippen LogP) is 2.45. The number of methoxy groups -OCH3 is 1. The molecule has 6 nitrogen and oxygen atoms in total. The summed E-state index contributed by atoms with van der Waals surface area (Å²) in [6.45, 7) is 3.13. The van der Waals surface area contributed by atoms with Gasteiger partial charge in [0.1, 0.15) is 11.4 Å². The molecule has 2 N–H and O–H groups in total. The lowest BCUT2D eigenvalue weighted by molar-refractivity contribution is -0.117. The number of likely N-dealkylation sites (N-methyl/N-ethyl adjacent to an activating group) is 1. The van der Waals surface area contributed by atoms with Crippen molar-refractivity contribution in [1.29, 1.82) is 0 Å². The van der Waals surface area contributed by atoms with Gasteiger partial charge >= 0.3 is 0 Å². The fourth-order valence-electron chi connectivity index (χ4n) is 2.41. The average Bonchev–Trinajstić information content (AvgIpc) is 2.68. The molecule has 0 fully saturated rings. The molecule has 0 atom stereocenters. The van der Waals surface area contributed by atoms with Crippen LogP contribution in [0.4, 0.5) is 0 Å². The fourth-order valence-corrected chi connectivity index (χ4v) is 2.41. The van der Waals surface area contributed by atoms with Gasteiger partial charge in [-0.3, -0.25) is 9.59 Å². The number of rotatable bonds is 8. The van der Waals surface area contributed by atoms with Crippen LogP contribution in [0.5, 0.6) is 5.75 Å². The SMILES string of the molecule is COc1ccc(/C=C(\NC(=O)c2ccc(C)cc2)C(=O)NCCN(C)C)cc1. The maximum absolute atomic E-state index is 12.6. The van der Waals surface area contributed by atoms with E-state index in [1.54, 1.807) is 37.5 Å². The van der Waals surface area contributed by atoms with E-state index in [0.29, 0.717) is 18.7 Å². The second-order valence-electron chi connectivity index (χ2n) is 6.71. The maximum atomic E-state index is 12.6. The fraction of sp³-hybridized carbons (Fsp3) is 0.273. The predicted molar refractivity (Wildman–Crippen MR) is 111 cm³/mol. The van der Waals surface area contributed by atoms with Gasteiger partial charge in [-0.2, -0.15) is 0 Å². The Labute approximate surface area is 166 Å². The molecule has 0 unspecified atom stereocenters. The number of hydrogen-bond acceptors (Lipinski definition) is 4. The average molecular weight is 381 g/mol. The van der Waals surface area contributed by atoms with E-state index in [1.165, 1.54) is 0 Å². The summed E-state index contributed by atoms with van der Waals surface area (Å²) >= 11 is 0. The Balaban J connectivity index is 2.21. The quantitative estimate of drug-likeness (QED) is 0.689. The number of ether oxygens (including phenoxy) is 1. The number of carbonyl (C=O) groups is 2. The highest BCUT2D eigenvalue weighted by atomic mass is 16.5. The highest BCUT2D eigenvalue weighted by Crippen LogP contribution is 2.14. The minimum absolute atomic E-state index is 0.189. The molecule has 0 aliphatic heterocycles. The van der Waals surface area contributed by atoms with Crippen LogP contribution in [0.2, 0.25) is 0 Å². The molecule has 28 heavy (non-hydrogen) atoms. The Kier molecular flexibility index (Phi) is 7.77. The van der Waals surface area contributed by atoms with Crippen LogP contribution in [0.15, 0.2) is 54.2 Å². The zero-order chi connectivity index (χ0) is 20.5. The Hall–Kier alpha value is -3.12. The van der Waals surface area contributed by atoms with Crippen LogP contribution >= 0.6 is 0 Å². The zero-order valence-corrected chi connectivity index (χ0v) is 16.8. The van der Waals surface area contributed by atoms with Gasteiger partial charge in [-0.25, -0.2) is 0 Å². The van der Waals surface area contributed by atoms with Gasteiger partial charge in [-0.05, 0) is 56.9 Å². The van der Waals surface area contributed by atoms with Crippen molar-refractivity contribution >= 4 is 17.9 Å². The molecular weight excluding hydrogens is 354 g/mol. The molecule has 2 aromatic rings. The molecular formula is C22H27N3O3. The highest BCUT2D eigenvalue weighted by molar-refractivity contribution is 6.05. The summed E-state index contributed by atoms with van der Waals surface area (Å²) in [6.07, 6.45) is 1.65. The monoisotopic (exact) mass is 381 g/mol. The Bertz CT molecular complexity index is 825. The molecule has 2 rings (SSSR count). The number of carbonyl (C=O) groups excluding carboxylic acids is 2. The van der Waals surface area contributed by atoms with E-state index < -0.39 is 0 Å². The van der Waals surface area contributed by atoms with Crippen LogP contribution in [0.25, 0.3) is 6.08 Å². The highest BCUT2D eigenvalue weighted by Gasteiger charge is 2.14. The summed E-state index contributed by atoms with van der Waals surface area (Å²) in [5, 5.41) is 5.57. The molecule has 148 valence electrons. The zero-order valence-electron chi connectivity index (χ0n) is 16.8. The van der Waals surface area contributed by atoms with Crippen molar-refractivity contribution in [1.82, 2.24) is 15.5 Å². The molecule has 0 bridgehead atoms. The third-order valence-corrected chi connectivity index (χ3v) is 4.08. The van der Waals surface area contributed by atoms with Crippen molar-refractivity contribution < 1.29 is 14.3 Å². The van der Waals surface area contributed by atoms with Crippen LogP contribution in [-0.4, -0.2) is 51.0 Å². The number of amides is 2. The van der Waals surface area contributed by atoms with Crippen molar-refractivity contribution in [3.8, 4) is 5.75 Å². The summed E-state index contributed by atoms with van der Waals surface area (Å²) < 4.78 is 5.15. The van der Waals surface area contributed by atoms with Gasteiger partial charge in [0.25, 0.3) is 11.8 Å². The van der Waals surface area contributed by atoms with Crippen LogP contribution < -0.4 is 15.4 Å². The van der Waals surface area contributed by atoms with Gasteiger partial charge in [-0.15, -0.1) is 0 Å². The van der Waals surface area contributed by atoms with E-state index in [2.05, 4.69) is 10.6 Å². The number of nitrogens with zero attached hydrogens (tertiary/aromatic N) is 1. The van der Waals surface area contributed by atoms with Crippen LogP contribution in [0.1, 0.15) is 21.5 Å². The molecule has 0 aliphatic rings. The number of aryl methyl sites for hydroxylation is 1. The van der Waals surface area contributed by atoms with Crippen molar-refractivity contribution in [3.63, 3.8) is 0 Å². The first-order chi connectivity index (χ1) is 13.4. The summed E-state index contributed by atoms with van der Waals surface area (Å²) in [7, 11) is 5.45. The standard InChI is InChI=1S/C22H27N3O3/c1-16-5-9-18(10-6-16)21(26)24-20(22(27)23-13-14-25(2)3)15-17-7-11-19(28-4)12-8-17/h5-12,15H,13-14H2,1-4H3,(H,23,27)(H,24,26)/b20-15-. The van der Waals surface area contributed by atoms with Gasteiger partial charge in [0, 0.05) is 18.7 Å². The molecule has 0 spiro atoms. The number of hydrogen-bond donors (Lipinski definition) is 2. The van der Waals surface area contributed by atoms with E-state index in [-0.39, 0.29) is 17.5 Å². The van der Waals surface area contributed by atoms with Gasteiger partial charge in [0.15, 0.2) is 0 Å². The minimum atomic E-state index is -0.335. The Morgan fingerprint density at radius 3 is 2.25 bits per heavy atom.